The molecule has 0 saturated carbocycles. The van der Waals surface area contributed by atoms with Crippen LogP contribution in [-0.4, -0.2) is 26.9 Å². The summed E-state index contributed by atoms with van der Waals surface area (Å²) in [6.45, 7) is 0. The van der Waals surface area contributed by atoms with Gasteiger partial charge in [-0.25, -0.2) is 15.1 Å². The van der Waals surface area contributed by atoms with E-state index in [1.165, 1.54) is 11.3 Å². The molecule has 4 aromatic rings. The van der Waals surface area contributed by atoms with Crippen LogP contribution in [0.1, 0.15) is 15.5 Å². The second kappa shape index (κ2) is 7.76. The predicted molar refractivity (Wildman–Crippen MR) is 106 cm³/mol. The third-order valence-electron chi connectivity index (χ3n) is 3.74. The molecule has 0 spiro atoms. The van der Waals surface area contributed by atoms with E-state index >= 15 is 0 Å². The predicted octanol–water partition coefficient (Wildman–Crippen LogP) is 3.76. The summed E-state index contributed by atoms with van der Waals surface area (Å²) >= 11 is 1.54. The summed E-state index contributed by atoms with van der Waals surface area (Å²) in [5.41, 5.74) is 4.17. The number of nitrogens with one attached hydrogen (secondary N) is 1. The van der Waals surface area contributed by atoms with Gasteiger partial charge < -0.3 is 0 Å². The van der Waals surface area contributed by atoms with Crippen molar-refractivity contribution >= 4 is 23.5 Å². The van der Waals surface area contributed by atoms with E-state index in [2.05, 4.69) is 20.6 Å². The van der Waals surface area contributed by atoms with Gasteiger partial charge in [0.2, 0.25) is 5.82 Å². The van der Waals surface area contributed by atoms with Crippen LogP contribution in [0.4, 0.5) is 0 Å². The number of rotatable bonds is 5. The van der Waals surface area contributed by atoms with Gasteiger partial charge in [0.1, 0.15) is 0 Å². The highest BCUT2D eigenvalue weighted by molar-refractivity contribution is 7.11. The maximum absolute atomic E-state index is 12.4. The fraction of sp³-hybridized carbons (Fsp3) is 0. The van der Waals surface area contributed by atoms with Gasteiger partial charge >= 0.3 is 5.91 Å². The van der Waals surface area contributed by atoms with E-state index in [-0.39, 0.29) is 5.82 Å². The fourth-order valence-electron chi connectivity index (χ4n) is 2.50. The van der Waals surface area contributed by atoms with Crippen LogP contribution in [0.15, 0.2) is 83.3 Å². The molecule has 0 aliphatic carbocycles. The Morgan fingerprint density at radius 3 is 2.44 bits per heavy atom. The van der Waals surface area contributed by atoms with E-state index in [9.17, 15) is 4.79 Å². The summed E-state index contributed by atoms with van der Waals surface area (Å²) in [6.07, 6.45) is 1.59. The summed E-state index contributed by atoms with van der Waals surface area (Å²) < 4.78 is 1.66. The van der Waals surface area contributed by atoms with E-state index < -0.39 is 5.91 Å². The third kappa shape index (κ3) is 3.83. The van der Waals surface area contributed by atoms with E-state index in [1.807, 2.05) is 78.2 Å². The molecule has 0 fully saturated rings. The van der Waals surface area contributed by atoms with Crippen LogP contribution < -0.4 is 5.43 Å². The molecule has 1 N–H and O–H groups in total. The molecule has 27 heavy (non-hydrogen) atoms. The standard InChI is InChI=1S/C20H15N5OS/c26-20(23-21-14-17-12-7-13-27-17)18-22-19(15-8-3-1-4-9-15)25(24-18)16-10-5-2-6-11-16/h1-14H,(H,23,26)/b21-14+. The van der Waals surface area contributed by atoms with Crippen molar-refractivity contribution in [3.8, 4) is 17.1 Å². The second-order valence-electron chi connectivity index (χ2n) is 5.59. The average molecular weight is 373 g/mol. The molecule has 0 aliphatic heterocycles. The first-order valence-corrected chi connectivity index (χ1v) is 9.14. The number of thiophene rings is 1. The van der Waals surface area contributed by atoms with Crippen molar-refractivity contribution in [1.82, 2.24) is 20.2 Å². The van der Waals surface area contributed by atoms with Gasteiger partial charge in [-0.05, 0) is 23.6 Å². The van der Waals surface area contributed by atoms with Gasteiger partial charge in [0.15, 0.2) is 5.82 Å². The number of carbonyl (C=O) groups excluding carboxylic acids is 1. The first-order valence-electron chi connectivity index (χ1n) is 8.26. The van der Waals surface area contributed by atoms with Crippen molar-refractivity contribution in [2.24, 2.45) is 5.10 Å². The van der Waals surface area contributed by atoms with Crippen LogP contribution in [0.3, 0.4) is 0 Å². The number of aromatic nitrogens is 3. The molecule has 0 saturated heterocycles. The summed E-state index contributed by atoms with van der Waals surface area (Å²) in [5, 5.41) is 10.3. The molecule has 4 rings (SSSR count). The monoisotopic (exact) mass is 373 g/mol. The Morgan fingerprint density at radius 2 is 1.74 bits per heavy atom. The second-order valence-corrected chi connectivity index (χ2v) is 6.57. The van der Waals surface area contributed by atoms with Crippen molar-refractivity contribution in [3.63, 3.8) is 0 Å². The van der Waals surface area contributed by atoms with Crippen molar-refractivity contribution < 1.29 is 4.79 Å². The number of para-hydroxylation sites is 1. The quantitative estimate of drug-likeness (QED) is 0.428. The topological polar surface area (TPSA) is 72.2 Å². The molecule has 6 nitrogen and oxygen atoms in total. The lowest BCUT2D eigenvalue weighted by Gasteiger charge is -2.05. The van der Waals surface area contributed by atoms with E-state index in [0.29, 0.717) is 5.82 Å². The smallest absolute Gasteiger partial charge is 0.264 e. The van der Waals surface area contributed by atoms with Crippen LogP contribution in [-0.2, 0) is 0 Å². The number of carbonyl (C=O) groups is 1. The molecule has 2 aromatic heterocycles. The number of nitrogens with zero attached hydrogens (tertiary/aromatic N) is 4. The summed E-state index contributed by atoms with van der Waals surface area (Å²) in [7, 11) is 0. The number of hydrazone groups is 1. The number of amides is 1. The Hall–Kier alpha value is -3.58. The highest BCUT2D eigenvalue weighted by atomic mass is 32.1. The molecule has 2 aromatic carbocycles. The lowest BCUT2D eigenvalue weighted by atomic mass is 10.2. The Labute approximate surface area is 159 Å². The van der Waals surface area contributed by atoms with E-state index in [1.54, 1.807) is 10.9 Å². The number of benzene rings is 2. The SMILES string of the molecule is O=C(N/N=C/c1cccs1)c1nc(-c2ccccc2)n(-c2ccccc2)n1. The van der Waals surface area contributed by atoms with Crippen LogP contribution in [0.2, 0.25) is 0 Å². The first-order chi connectivity index (χ1) is 13.3. The molecule has 0 radical (unpaired) electrons. The number of hydrogen-bond acceptors (Lipinski definition) is 5. The Bertz CT molecular complexity index is 999. The lowest BCUT2D eigenvalue weighted by molar-refractivity contribution is 0.0945. The Balaban J connectivity index is 1.66. The van der Waals surface area contributed by atoms with Gasteiger partial charge in [-0.15, -0.1) is 16.4 Å². The van der Waals surface area contributed by atoms with Gasteiger partial charge in [-0.2, -0.15) is 5.10 Å². The summed E-state index contributed by atoms with van der Waals surface area (Å²) in [6, 6.07) is 23.0. The average Bonchev–Trinajstić information content (AvgIpc) is 3.39. The minimum absolute atomic E-state index is 0.0565. The first kappa shape index (κ1) is 16.9. The summed E-state index contributed by atoms with van der Waals surface area (Å²) in [5.74, 6) is 0.185. The van der Waals surface area contributed by atoms with Crippen LogP contribution in [0, 0.1) is 0 Å². The van der Waals surface area contributed by atoms with E-state index in [4.69, 9.17) is 0 Å². The highest BCUT2D eigenvalue weighted by Gasteiger charge is 2.18. The van der Waals surface area contributed by atoms with Crippen LogP contribution in [0.25, 0.3) is 17.1 Å². The molecule has 0 bridgehead atoms. The molecule has 0 unspecified atom stereocenters. The number of hydrogen-bond donors (Lipinski definition) is 1. The Morgan fingerprint density at radius 1 is 1.00 bits per heavy atom. The van der Waals surface area contributed by atoms with Crippen molar-refractivity contribution in [2.75, 3.05) is 0 Å². The van der Waals surface area contributed by atoms with Gasteiger partial charge in [-0.1, -0.05) is 54.6 Å². The molecule has 0 aliphatic rings. The van der Waals surface area contributed by atoms with Crippen LogP contribution >= 0.6 is 11.3 Å². The van der Waals surface area contributed by atoms with E-state index in [0.717, 1.165) is 16.1 Å². The highest BCUT2D eigenvalue weighted by Crippen LogP contribution is 2.20. The van der Waals surface area contributed by atoms with Gasteiger partial charge in [0, 0.05) is 10.4 Å². The molecule has 2 heterocycles. The van der Waals surface area contributed by atoms with Crippen LogP contribution in [0.5, 0.6) is 0 Å². The molecule has 1 amide bonds. The van der Waals surface area contributed by atoms with Crippen molar-refractivity contribution in [2.45, 2.75) is 0 Å². The van der Waals surface area contributed by atoms with Gasteiger partial charge in [0.05, 0.1) is 11.9 Å². The summed E-state index contributed by atoms with van der Waals surface area (Å²) in [4.78, 5) is 17.8. The zero-order valence-corrected chi connectivity index (χ0v) is 15.0. The largest absolute Gasteiger partial charge is 0.311 e. The normalized spacial score (nSPS) is 11.0. The van der Waals surface area contributed by atoms with Crippen molar-refractivity contribution in [1.29, 1.82) is 0 Å². The molecular formula is C20H15N5OS. The maximum atomic E-state index is 12.4. The molecule has 0 atom stereocenters. The van der Waals surface area contributed by atoms with Crippen molar-refractivity contribution in [3.05, 3.63) is 88.9 Å². The molecular weight excluding hydrogens is 358 g/mol. The fourth-order valence-corrected chi connectivity index (χ4v) is 3.09. The van der Waals surface area contributed by atoms with Gasteiger partial charge in [-0.3, -0.25) is 4.79 Å². The molecule has 7 heteroatoms. The Kier molecular flexibility index (Phi) is 4.84. The zero-order chi connectivity index (χ0) is 18.5. The molecule has 132 valence electrons. The maximum Gasteiger partial charge on any atom is 0.311 e. The third-order valence-corrected chi connectivity index (χ3v) is 4.55. The minimum atomic E-state index is -0.463. The minimum Gasteiger partial charge on any atom is -0.264 e. The lowest BCUT2D eigenvalue weighted by Crippen LogP contribution is -2.19. The zero-order valence-electron chi connectivity index (χ0n) is 14.2. The van der Waals surface area contributed by atoms with Gasteiger partial charge in [0.25, 0.3) is 0 Å².